The number of rotatable bonds is 7. The average molecular weight is 378 g/mol. The van der Waals surface area contributed by atoms with Gasteiger partial charge in [-0.2, -0.15) is 0 Å². The van der Waals surface area contributed by atoms with Crippen LogP contribution in [0.3, 0.4) is 0 Å². The van der Waals surface area contributed by atoms with Gasteiger partial charge in [-0.1, -0.05) is 6.07 Å². The largest absolute Gasteiger partial charge is 0.493 e. The molecule has 0 radical (unpaired) electrons. The number of ether oxygens (including phenoxy) is 2. The molecule has 0 aromatic heterocycles. The Hall–Kier alpha value is -1.95. The van der Waals surface area contributed by atoms with Crippen LogP contribution in [0.15, 0.2) is 18.2 Å². The number of carbonyl (C=O) groups is 1. The smallest absolute Gasteiger partial charge is 0.315 e. The number of hydrogen-bond acceptors (Lipinski definition) is 4. The highest BCUT2D eigenvalue weighted by atomic mass is 16.5. The first kappa shape index (κ1) is 21.4. The lowest BCUT2D eigenvalue weighted by Crippen LogP contribution is -2.62. The van der Waals surface area contributed by atoms with Crippen molar-refractivity contribution in [2.45, 2.75) is 71.0 Å². The quantitative estimate of drug-likeness (QED) is 0.682. The van der Waals surface area contributed by atoms with E-state index in [1.807, 2.05) is 25.1 Å². The fourth-order valence-electron chi connectivity index (χ4n) is 4.12. The Balaban J connectivity index is 1.82. The maximum atomic E-state index is 12.3. The highest BCUT2D eigenvalue weighted by Gasteiger charge is 2.38. The second-order valence-electron chi connectivity index (χ2n) is 8.57. The number of urea groups is 1. The minimum atomic E-state index is -0.105. The third kappa shape index (κ3) is 6.61. The van der Waals surface area contributed by atoms with E-state index >= 15 is 0 Å². The summed E-state index contributed by atoms with van der Waals surface area (Å²) in [6, 6.07) is 5.94. The Bertz CT molecular complexity index is 628. The maximum absolute atomic E-state index is 12.3. The van der Waals surface area contributed by atoms with Crippen molar-refractivity contribution >= 4 is 6.03 Å². The summed E-state index contributed by atoms with van der Waals surface area (Å²) in [5, 5.41) is 9.73. The highest BCUT2D eigenvalue weighted by molar-refractivity contribution is 5.74. The van der Waals surface area contributed by atoms with Crippen LogP contribution in [0.2, 0.25) is 0 Å². The van der Waals surface area contributed by atoms with E-state index in [0.29, 0.717) is 13.2 Å². The van der Waals surface area contributed by atoms with E-state index in [4.69, 9.17) is 9.47 Å². The van der Waals surface area contributed by atoms with Crippen LogP contribution < -0.4 is 25.4 Å². The van der Waals surface area contributed by atoms with Crippen LogP contribution in [0.5, 0.6) is 11.5 Å². The van der Waals surface area contributed by atoms with Crippen LogP contribution in [0, 0.1) is 0 Å². The molecule has 1 aromatic carbocycles. The number of nitrogens with one attached hydrogen (secondary N) is 3. The molecule has 3 N–H and O–H groups in total. The lowest BCUT2D eigenvalue weighted by molar-refractivity contribution is 0.147. The van der Waals surface area contributed by atoms with Crippen LogP contribution >= 0.6 is 0 Å². The molecule has 0 bridgehead atoms. The Morgan fingerprint density at radius 2 is 1.85 bits per heavy atom. The molecule has 27 heavy (non-hydrogen) atoms. The third-order valence-corrected chi connectivity index (χ3v) is 4.75. The summed E-state index contributed by atoms with van der Waals surface area (Å²) in [5.41, 5.74) is 1.12. The van der Waals surface area contributed by atoms with Crippen molar-refractivity contribution in [2.24, 2.45) is 0 Å². The molecule has 152 valence electrons. The molecule has 0 spiro atoms. The SMILES string of the molecule is CCOc1ccc(CCNC(=O)NC2CC(C)(C)NC(C)(C)C2)cc1OC. The van der Waals surface area contributed by atoms with Gasteiger partial charge in [-0.15, -0.1) is 0 Å². The zero-order valence-corrected chi connectivity index (χ0v) is 17.6. The summed E-state index contributed by atoms with van der Waals surface area (Å²) in [5.74, 6) is 1.46. The molecule has 1 fully saturated rings. The van der Waals surface area contributed by atoms with Crippen LogP contribution in [-0.2, 0) is 6.42 Å². The summed E-state index contributed by atoms with van der Waals surface area (Å²) in [7, 11) is 1.63. The zero-order chi connectivity index (χ0) is 20.1. The van der Waals surface area contributed by atoms with Crippen molar-refractivity contribution in [1.29, 1.82) is 0 Å². The van der Waals surface area contributed by atoms with Gasteiger partial charge in [0.15, 0.2) is 11.5 Å². The molecular formula is C21H35N3O3. The maximum Gasteiger partial charge on any atom is 0.315 e. The first-order chi connectivity index (χ1) is 12.6. The van der Waals surface area contributed by atoms with E-state index in [2.05, 4.69) is 43.6 Å². The van der Waals surface area contributed by atoms with E-state index in [1.54, 1.807) is 7.11 Å². The molecule has 1 heterocycles. The summed E-state index contributed by atoms with van der Waals surface area (Å²) >= 11 is 0. The van der Waals surface area contributed by atoms with Crippen molar-refractivity contribution < 1.29 is 14.3 Å². The Labute approximate surface area is 163 Å². The van der Waals surface area contributed by atoms with E-state index in [1.165, 1.54) is 0 Å². The number of amides is 2. The molecule has 0 saturated carbocycles. The number of hydrogen-bond donors (Lipinski definition) is 3. The van der Waals surface area contributed by atoms with E-state index < -0.39 is 0 Å². The summed E-state index contributed by atoms with van der Waals surface area (Å²) in [6.07, 6.45) is 2.57. The first-order valence-electron chi connectivity index (χ1n) is 9.77. The van der Waals surface area contributed by atoms with Gasteiger partial charge in [0.05, 0.1) is 13.7 Å². The van der Waals surface area contributed by atoms with E-state index in [9.17, 15) is 4.79 Å². The van der Waals surface area contributed by atoms with Crippen molar-refractivity contribution in [3.8, 4) is 11.5 Å². The summed E-state index contributed by atoms with van der Waals surface area (Å²) in [6.45, 7) is 11.8. The van der Waals surface area contributed by atoms with Crippen LogP contribution in [0.1, 0.15) is 53.0 Å². The van der Waals surface area contributed by atoms with E-state index in [-0.39, 0.29) is 23.2 Å². The molecule has 6 heteroatoms. The van der Waals surface area contributed by atoms with Gasteiger partial charge in [-0.25, -0.2) is 4.79 Å². The lowest BCUT2D eigenvalue weighted by atomic mass is 9.80. The summed E-state index contributed by atoms with van der Waals surface area (Å²) < 4.78 is 10.9. The molecule has 6 nitrogen and oxygen atoms in total. The van der Waals surface area contributed by atoms with Gasteiger partial charge in [0.2, 0.25) is 0 Å². The lowest BCUT2D eigenvalue weighted by Gasteiger charge is -2.46. The molecule has 0 unspecified atom stereocenters. The zero-order valence-electron chi connectivity index (χ0n) is 17.6. The van der Waals surface area contributed by atoms with Gasteiger partial charge >= 0.3 is 6.03 Å². The van der Waals surface area contributed by atoms with Crippen LogP contribution in [-0.4, -0.2) is 43.4 Å². The van der Waals surface area contributed by atoms with E-state index in [0.717, 1.165) is 36.3 Å². The minimum absolute atomic E-state index is 0.0125. The van der Waals surface area contributed by atoms with Crippen molar-refractivity contribution in [3.63, 3.8) is 0 Å². The van der Waals surface area contributed by atoms with Gasteiger partial charge in [0.25, 0.3) is 0 Å². The molecule has 1 saturated heterocycles. The fraction of sp³-hybridized carbons (Fsp3) is 0.667. The topological polar surface area (TPSA) is 71.6 Å². The molecule has 1 aliphatic rings. The molecular weight excluding hydrogens is 342 g/mol. The number of benzene rings is 1. The first-order valence-corrected chi connectivity index (χ1v) is 9.77. The molecule has 2 amide bonds. The average Bonchev–Trinajstić information content (AvgIpc) is 2.53. The normalized spacial score (nSPS) is 18.6. The van der Waals surface area contributed by atoms with Crippen molar-refractivity contribution in [1.82, 2.24) is 16.0 Å². The monoisotopic (exact) mass is 377 g/mol. The minimum Gasteiger partial charge on any atom is -0.493 e. The second-order valence-corrected chi connectivity index (χ2v) is 8.57. The van der Waals surface area contributed by atoms with Crippen LogP contribution in [0.25, 0.3) is 0 Å². The van der Waals surface area contributed by atoms with Gasteiger partial charge in [0.1, 0.15) is 0 Å². The van der Waals surface area contributed by atoms with Gasteiger partial charge in [-0.3, -0.25) is 0 Å². The van der Waals surface area contributed by atoms with Crippen molar-refractivity contribution in [3.05, 3.63) is 23.8 Å². The highest BCUT2D eigenvalue weighted by Crippen LogP contribution is 2.29. The second kappa shape index (κ2) is 8.83. The predicted molar refractivity (Wildman–Crippen MR) is 109 cm³/mol. The van der Waals surface area contributed by atoms with Gasteiger partial charge < -0.3 is 25.4 Å². The van der Waals surface area contributed by atoms with Gasteiger partial charge in [-0.05, 0) is 71.6 Å². The van der Waals surface area contributed by atoms with Crippen LogP contribution in [0.4, 0.5) is 4.79 Å². The molecule has 1 aliphatic heterocycles. The number of carbonyl (C=O) groups excluding carboxylic acids is 1. The third-order valence-electron chi connectivity index (χ3n) is 4.75. The Kier molecular flexibility index (Phi) is 6.98. The standard InChI is InChI=1S/C21H35N3O3/c1-7-27-17-9-8-15(12-18(17)26-6)10-11-22-19(25)23-16-13-20(2,3)24-21(4,5)14-16/h8-9,12,16,24H,7,10-11,13-14H2,1-6H3,(H2,22,23,25). The Morgan fingerprint density at radius 3 is 2.44 bits per heavy atom. The fourth-order valence-corrected chi connectivity index (χ4v) is 4.12. The molecule has 0 atom stereocenters. The summed E-state index contributed by atoms with van der Waals surface area (Å²) in [4.78, 5) is 12.3. The van der Waals surface area contributed by atoms with Crippen molar-refractivity contribution in [2.75, 3.05) is 20.3 Å². The molecule has 0 aliphatic carbocycles. The number of piperidine rings is 1. The number of methoxy groups -OCH3 is 1. The predicted octanol–water partition coefficient (Wildman–Crippen LogP) is 3.24. The Morgan fingerprint density at radius 1 is 1.19 bits per heavy atom. The molecule has 2 rings (SSSR count). The van der Waals surface area contributed by atoms with Gasteiger partial charge in [0, 0.05) is 23.7 Å². The molecule has 1 aromatic rings.